The van der Waals surface area contributed by atoms with Gasteiger partial charge in [0.15, 0.2) is 0 Å². The summed E-state index contributed by atoms with van der Waals surface area (Å²) in [5.41, 5.74) is 3.30. The molecular weight excluding hydrogens is 324 g/mol. The second kappa shape index (κ2) is 6.71. The highest BCUT2D eigenvalue weighted by molar-refractivity contribution is 5.44. The molecule has 0 amide bonds. The first kappa shape index (κ1) is 17.6. The molecular formula is C23H28O3. The van der Waals surface area contributed by atoms with E-state index in [9.17, 15) is 10.2 Å². The molecule has 0 heterocycles. The van der Waals surface area contributed by atoms with Gasteiger partial charge in [-0.1, -0.05) is 36.4 Å². The maximum Gasteiger partial charge on any atom is 0.115 e. The van der Waals surface area contributed by atoms with Gasteiger partial charge in [-0.05, 0) is 73.3 Å². The van der Waals surface area contributed by atoms with Gasteiger partial charge < -0.3 is 14.9 Å². The van der Waals surface area contributed by atoms with E-state index in [2.05, 4.69) is 36.4 Å². The van der Waals surface area contributed by atoms with Crippen LogP contribution in [0.3, 0.4) is 0 Å². The number of rotatable bonds is 4. The van der Waals surface area contributed by atoms with E-state index in [1.54, 1.807) is 7.11 Å². The quantitative estimate of drug-likeness (QED) is 0.874. The molecule has 4 rings (SSSR count). The smallest absolute Gasteiger partial charge is 0.115 e. The van der Waals surface area contributed by atoms with Crippen LogP contribution in [0.2, 0.25) is 0 Å². The highest BCUT2D eigenvalue weighted by Gasteiger charge is 2.51. The third-order valence-corrected chi connectivity index (χ3v) is 6.61. The Morgan fingerprint density at radius 3 is 2.69 bits per heavy atom. The Balaban J connectivity index is 1.76. The maximum absolute atomic E-state index is 11.0. The van der Waals surface area contributed by atoms with Crippen LogP contribution in [0.25, 0.3) is 0 Å². The second-order valence-electron chi connectivity index (χ2n) is 8.26. The number of methoxy groups -OCH3 is 1. The molecule has 0 saturated heterocycles. The number of ether oxygens (including phenoxy) is 1. The summed E-state index contributed by atoms with van der Waals surface area (Å²) in [7, 11) is 1.67. The molecule has 0 aromatic heterocycles. The summed E-state index contributed by atoms with van der Waals surface area (Å²) < 4.78 is 5.32. The van der Waals surface area contributed by atoms with E-state index in [1.807, 2.05) is 12.1 Å². The molecule has 3 heteroatoms. The predicted molar refractivity (Wildman–Crippen MR) is 102 cm³/mol. The Morgan fingerprint density at radius 1 is 1.12 bits per heavy atom. The Labute approximate surface area is 155 Å². The summed E-state index contributed by atoms with van der Waals surface area (Å²) in [6.45, 7) is 0.410. The first-order chi connectivity index (χ1) is 12.5. The van der Waals surface area contributed by atoms with Crippen LogP contribution in [0.4, 0.5) is 0 Å². The van der Waals surface area contributed by atoms with Crippen molar-refractivity contribution in [1.29, 1.82) is 0 Å². The van der Waals surface area contributed by atoms with Crippen LogP contribution in [-0.4, -0.2) is 29.5 Å². The van der Waals surface area contributed by atoms with Crippen LogP contribution in [-0.2, 0) is 23.0 Å². The number of fused-ring (bicyclic) bond motifs is 3. The van der Waals surface area contributed by atoms with Gasteiger partial charge in [-0.3, -0.25) is 0 Å². The highest BCUT2D eigenvalue weighted by Crippen LogP contribution is 2.54. The molecule has 0 radical (unpaired) electrons. The van der Waals surface area contributed by atoms with Crippen molar-refractivity contribution < 1.29 is 14.9 Å². The fourth-order valence-electron chi connectivity index (χ4n) is 5.44. The minimum atomic E-state index is -0.714. The summed E-state index contributed by atoms with van der Waals surface area (Å²) in [6, 6.07) is 16.6. The Morgan fingerprint density at radius 2 is 1.92 bits per heavy atom. The average molecular weight is 352 g/mol. The minimum absolute atomic E-state index is 0.0304. The van der Waals surface area contributed by atoms with E-state index < -0.39 is 5.60 Å². The molecule has 2 aromatic carbocycles. The van der Waals surface area contributed by atoms with Gasteiger partial charge in [0.25, 0.3) is 0 Å². The number of benzene rings is 2. The number of phenolic OH excluding ortho intramolecular Hbond substituents is 1. The third-order valence-electron chi connectivity index (χ3n) is 6.61. The summed E-state index contributed by atoms with van der Waals surface area (Å²) >= 11 is 0. The maximum atomic E-state index is 11.0. The lowest BCUT2D eigenvalue weighted by atomic mass is 9.52. The van der Waals surface area contributed by atoms with Crippen molar-refractivity contribution in [3.63, 3.8) is 0 Å². The largest absolute Gasteiger partial charge is 0.508 e. The van der Waals surface area contributed by atoms with E-state index in [0.717, 1.165) is 38.5 Å². The average Bonchev–Trinajstić information content (AvgIpc) is 2.63. The second-order valence-corrected chi connectivity index (χ2v) is 8.26. The van der Waals surface area contributed by atoms with Crippen LogP contribution in [0.5, 0.6) is 5.75 Å². The monoisotopic (exact) mass is 352 g/mol. The van der Waals surface area contributed by atoms with Gasteiger partial charge in [0.2, 0.25) is 0 Å². The molecule has 3 nitrogen and oxygen atoms in total. The normalized spacial score (nSPS) is 30.5. The van der Waals surface area contributed by atoms with Crippen LogP contribution in [0, 0.1) is 5.92 Å². The van der Waals surface area contributed by atoms with Gasteiger partial charge in [0.1, 0.15) is 5.75 Å². The zero-order valence-electron chi connectivity index (χ0n) is 15.4. The molecule has 2 N–H and O–H groups in total. The van der Waals surface area contributed by atoms with E-state index in [1.165, 1.54) is 16.7 Å². The Hall–Kier alpha value is -1.84. The molecule has 26 heavy (non-hydrogen) atoms. The van der Waals surface area contributed by atoms with Crippen molar-refractivity contribution >= 4 is 0 Å². The number of aryl methyl sites for hydroxylation is 1. The summed E-state index contributed by atoms with van der Waals surface area (Å²) in [6.07, 6.45) is 5.49. The topological polar surface area (TPSA) is 49.7 Å². The van der Waals surface area contributed by atoms with E-state index in [-0.39, 0.29) is 5.41 Å². The van der Waals surface area contributed by atoms with Crippen LogP contribution < -0.4 is 0 Å². The molecule has 2 aliphatic rings. The van der Waals surface area contributed by atoms with Crippen molar-refractivity contribution in [3.05, 3.63) is 65.2 Å². The van der Waals surface area contributed by atoms with Crippen LogP contribution in [0.1, 0.15) is 42.4 Å². The van der Waals surface area contributed by atoms with Crippen molar-refractivity contribution in [2.24, 2.45) is 5.92 Å². The zero-order valence-corrected chi connectivity index (χ0v) is 15.4. The molecule has 2 aliphatic carbocycles. The number of aliphatic hydroxyl groups is 1. The number of aromatic hydroxyl groups is 1. The summed E-state index contributed by atoms with van der Waals surface area (Å²) in [5, 5.41) is 21.0. The van der Waals surface area contributed by atoms with Gasteiger partial charge in [-0.15, -0.1) is 0 Å². The van der Waals surface area contributed by atoms with Gasteiger partial charge in [-0.25, -0.2) is 0 Å². The predicted octanol–water partition coefficient (Wildman–Crippen LogP) is 4.00. The van der Waals surface area contributed by atoms with Crippen molar-refractivity contribution in [1.82, 2.24) is 0 Å². The molecule has 0 bridgehead atoms. The van der Waals surface area contributed by atoms with E-state index >= 15 is 0 Å². The lowest BCUT2D eigenvalue weighted by Gasteiger charge is -2.53. The van der Waals surface area contributed by atoms with Gasteiger partial charge in [-0.2, -0.15) is 0 Å². The molecule has 2 aromatic rings. The molecule has 0 unspecified atom stereocenters. The van der Waals surface area contributed by atoms with E-state index in [0.29, 0.717) is 18.3 Å². The van der Waals surface area contributed by atoms with Crippen LogP contribution in [0.15, 0.2) is 48.5 Å². The highest BCUT2D eigenvalue weighted by atomic mass is 16.5. The van der Waals surface area contributed by atoms with E-state index in [4.69, 9.17) is 4.74 Å². The van der Waals surface area contributed by atoms with Crippen molar-refractivity contribution in [2.75, 3.05) is 13.7 Å². The zero-order chi connectivity index (χ0) is 18.2. The van der Waals surface area contributed by atoms with Gasteiger partial charge >= 0.3 is 0 Å². The first-order valence-electron chi connectivity index (χ1n) is 9.62. The summed E-state index contributed by atoms with van der Waals surface area (Å²) in [5.74, 6) is 0.775. The fraction of sp³-hybridized carbons (Fsp3) is 0.478. The van der Waals surface area contributed by atoms with Crippen molar-refractivity contribution in [2.45, 2.75) is 49.5 Å². The van der Waals surface area contributed by atoms with Crippen LogP contribution >= 0.6 is 0 Å². The molecule has 138 valence electrons. The third kappa shape index (κ3) is 3.04. The number of hydrogen-bond acceptors (Lipinski definition) is 3. The first-order valence-corrected chi connectivity index (χ1v) is 9.62. The number of hydrogen-bond donors (Lipinski definition) is 2. The Bertz CT molecular complexity index is 772. The fourth-order valence-corrected chi connectivity index (χ4v) is 5.44. The molecule has 1 saturated carbocycles. The minimum Gasteiger partial charge on any atom is -0.508 e. The van der Waals surface area contributed by atoms with Gasteiger partial charge in [0, 0.05) is 12.5 Å². The standard InChI is InChI=1S/C23H28O3/c1-26-16-22(25)11-12-23(14-17-5-3-2-4-6-17)19(15-22)8-7-18-13-20(24)9-10-21(18)23/h2-6,9-10,13,19,24-25H,7-8,11-12,14-16H2,1H3/t19-,22-,23+/m1/s1. The lowest BCUT2D eigenvalue weighted by Crippen LogP contribution is -2.52. The SMILES string of the molecule is COC[C@@]1(O)CC[C@@]2(Cc3ccccc3)c3ccc(O)cc3CC[C@@H]2C1. The number of phenols is 1. The van der Waals surface area contributed by atoms with Crippen molar-refractivity contribution in [3.8, 4) is 5.75 Å². The lowest BCUT2D eigenvalue weighted by molar-refractivity contribution is -0.0919. The molecule has 0 spiro atoms. The molecule has 3 atom stereocenters. The molecule has 0 aliphatic heterocycles. The Kier molecular flexibility index (Phi) is 4.54. The van der Waals surface area contributed by atoms with Gasteiger partial charge in [0.05, 0.1) is 12.2 Å². The summed E-state index contributed by atoms with van der Waals surface area (Å²) in [4.78, 5) is 0. The molecule has 1 fully saturated rings.